The molecule has 0 spiro atoms. The molecule has 0 bridgehead atoms. The van der Waals surface area contributed by atoms with Gasteiger partial charge in [-0.1, -0.05) is 12.1 Å². The number of rotatable bonds is 6. The van der Waals surface area contributed by atoms with Crippen LogP contribution in [-0.4, -0.2) is 28.5 Å². The molecule has 0 saturated heterocycles. The molecule has 2 aromatic rings. The first-order valence-electron chi connectivity index (χ1n) is 7.46. The molecule has 0 aromatic heterocycles. The zero-order chi connectivity index (χ0) is 18.6. The normalized spacial score (nSPS) is 12.5. The van der Waals surface area contributed by atoms with Crippen molar-refractivity contribution >= 4 is 15.9 Å². The quantitative estimate of drug-likeness (QED) is 0.821. The second-order valence-electron chi connectivity index (χ2n) is 5.32. The van der Waals surface area contributed by atoms with Gasteiger partial charge < -0.3 is 10.1 Å². The van der Waals surface area contributed by atoms with Crippen molar-refractivity contribution < 1.29 is 22.3 Å². The first kappa shape index (κ1) is 18.9. The number of ether oxygens (including phenoxy) is 1. The summed E-state index contributed by atoms with van der Waals surface area (Å²) in [6.07, 6.45) is 0. The summed E-state index contributed by atoms with van der Waals surface area (Å²) in [5.41, 5.74) is 0.753. The third-order valence-corrected chi connectivity index (χ3v) is 5.11. The Bertz CT molecular complexity index is 884. The van der Waals surface area contributed by atoms with Crippen LogP contribution in [0.1, 0.15) is 28.9 Å². The average molecular weight is 366 g/mol. The highest BCUT2D eigenvalue weighted by Crippen LogP contribution is 2.22. The minimum absolute atomic E-state index is 0.00852. The summed E-state index contributed by atoms with van der Waals surface area (Å²) in [5.74, 6) is -0.868. The number of amides is 1. The Kier molecular flexibility index (Phi) is 5.76. The SMILES string of the molecule is CNS(=O)(=O)c1cccc(C(=O)N[C@H](C)c2ccc(OC)c(F)c2)c1. The van der Waals surface area contributed by atoms with E-state index in [0.717, 1.165) is 0 Å². The molecule has 6 nitrogen and oxygen atoms in total. The summed E-state index contributed by atoms with van der Waals surface area (Å²) in [7, 11) is -0.977. The number of carbonyl (C=O) groups is 1. The van der Waals surface area contributed by atoms with Gasteiger partial charge in [0.25, 0.3) is 5.91 Å². The van der Waals surface area contributed by atoms with Gasteiger partial charge in [-0.3, -0.25) is 4.79 Å². The van der Waals surface area contributed by atoms with Gasteiger partial charge in [0.2, 0.25) is 10.0 Å². The van der Waals surface area contributed by atoms with Crippen molar-refractivity contribution in [1.82, 2.24) is 10.0 Å². The number of sulfonamides is 1. The van der Waals surface area contributed by atoms with Gasteiger partial charge in [0, 0.05) is 5.56 Å². The summed E-state index contributed by atoms with van der Waals surface area (Å²) in [6, 6.07) is 9.60. The minimum Gasteiger partial charge on any atom is -0.494 e. The van der Waals surface area contributed by atoms with Gasteiger partial charge in [0.05, 0.1) is 18.0 Å². The molecule has 2 N–H and O–H groups in total. The van der Waals surface area contributed by atoms with E-state index in [9.17, 15) is 17.6 Å². The van der Waals surface area contributed by atoms with E-state index in [0.29, 0.717) is 5.56 Å². The number of benzene rings is 2. The highest BCUT2D eigenvalue weighted by molar-refractivity contribution is 7.89. The first-order valence-corrected chi connectivity index (χ1v) is 8.94. The summed E-state index contributed by atoms with van der Waals surface area (Å²) < 4.78 is 44.5. The lowest BCUT2D eigenvalue weighted by Crippen LogP contribution is -2.27. The molecule has 0 fully saturated rings. The van der Waals surface area contributed by atoms with Crippen LogP contribution in [0.3, 0.4) is 0 Å². The Morgan fingerprint density at radius 3 is 2.52 bits per heavy atom. The lowest BCUT2D eigenvalue weighted by atomic mass is 10.1. The maximum atomic E-state index is 13.8. The molecular weight excluding hydrogens is 347 g/mol. The summed E-state index contributed by atoms with van der Waals surface area (Å²) in [4.78, 5) is 12.4. The molecule has 25 heavy (non-hydrogen) atoms. The highest BCUT2D eigenvalue weighted by atomic mass is 32.2. The van der Waals surface area contributed by atoms with E-state index in [1.807, 2.05) is 0 Å². The van der Waals surface area contributed by atoms with Crippen LogP contribution < -0.4 is 14.8 Å². The van der Waals surface area contributed by atoms with Crippen LogP contribution in [0.25, 0.3) is 0 Å². The zero-order valence-electron chi connectivity index (χ0n) is 14.0. The molecule has 0 aliphatic heterocycles. The van der Waals surface area contributed by atoms with Crippen LogP contribution in [0, 0.1) is 5.82 Å². The fourth-order valence-corrected chi connectivity index (χ4v) is 3.01. The van der Waals surface area contributed by atoms with Crippen molar-refractivity contribution in [2.45, 2.75) is 17.9 Å². The monoisotopic (exact) mass is 366 g/mol. The van der Waals surface area contributed by atoms with E-state index in [-0.39, 0.29) is 16.2 Å². The van der Waals surface area contributed by atoms with Crippen LogP contribution in [0.4, 0.5) is 4.39 Å². The van der Waals surface area contributed by atoms with Gasteiger partial charge in [0.15, 0.2) is 11.6 Å². The molecule has 2 aromatic carbocycles. The average Bonchev–Trinajstić information content (AvgIpc) is 2.61. The number of nitrogens with one attached hydrogen (secondary N) is 2. The van der Waals surface area contributed by atoms with Gasteiger partial charge >= 0.3 is 0 Å². The summed E-state index contributed by atoms with van der Waals surface area (Å²) >= 11 is 0. The van der Waals surface area contributed by atoms with E-state index in [4.69, 9.17) is 4.74 Å². The van der Waals surface area contributed by atoms with Crippen molar-refractivity contribution in [2.24, 2.45) is 0 Å². The fourth-order valence-electron chi connectivity index (χ4n) is 2.24. The molecule has 0 aliphatic carbocycles. The summed E-state index contributed by atoms with van der Waals surface area (Å²) in [5, 5.41) is 2.71. The number of methoxy groups -OCH3 is 1. The van der Waals surface area contributed by atoms with Gasteiger partial charge in [0.1, 0.15) is 0 Å². The molecule has 0 aliphatic rings. The number of halogens is 1. The van der Waals surface area contributed by atoms with Crippen molar-refractivity contribution in [2.75, 3.05) is 14.2 Å². The predicted molar refractivity (Wildman–Crippen MR) is 91.5 cm³/mol. The van der Waals surface area contributed by atoms with Crippen molar-refractivity contribution in [1.29, 1.82) is 0 Å². The van der Waals surface area contributed by atoms with E-state index >= 15 is 0 Å². The molecule has 134 valence electrons. The van der Waals surface area contributed by atoms with Crippen LogP contribution in [-0.2, 0) is 10.0 Å². The third kappa shape index (κ3) is 4.34. The van der Waals surface area contributed by atoms with E-state index in [2.05, 4.69) is 10.0 Å². The molecular formula is C17H19FN2O4S. The van der Waals surface area contributed by atoms with Crippen LogP contribution >= 0.6 is 0 Å². The maximum absolute atomic E-state index is 13.8. The molecule has 8 heteroatoms. The number of carbonyl (C=O) groups excluding carboxylic acids is 1. The lowest BCUT2D eigenvalue weighted by Gasteiger charge is -2.15. The van der Waals surface area contributed by atoms with Gasteiger partial charge in [-0.25, -0.2) is 17.5 Å². The molecule has 1 amide bonds. The summed E-state index contributed by atoms with van der Waals surface area (Å²) in [6.45, 7) is 1.70. The van der Waals surface area contributed by atoms with E-state index in [1.54, 1.807) is 13.0 Å². The Labute approximate surface area is 146 Å². The Morgan fingerprint density at radius 1 is 1.20 bits per heavy atom. The van der Waals surface area contributed by atoms with Crippen molar-refractivity contribution in [3.05, 3.63) is 59.4 Å². The standard InChI is InChI=1S/C17H19FN2O4S/c1-11(12-7-8-16(24-3)15(18)10-12)20-17(21)13-5-4-6-14(9-13)25(22,23)19-2/h4-11,19H,1-3H3,(H,20,21)/t11-/m1/s1. The predicted octanol–water partition coefficient (Wildman–Crippen LogP) is 2.23. The number of hydrogen-bond donors (Lipinski definition) is 2. The van der Waals surface area contributed by atoms with Gasteiger partial charge in [-0.15, -0.1) is 0 Å². The fraction of sp³-hybridized carbons (Fsp3) is 0.235. The maximum Gasteiger partial charge on any atom is 0.251 e. The van der Waals surface area contributed by atoms with Crippen molar-refractivity contribution in [3.8, 4) is 5.75 Å². The third-order valence-electron chi connectivity index (χ3n) is 3.70. The second-order valence-corrected chi connectivity index (χ2v) is 7.21. The topological polar surface area (TPSA) is 84.5 Å². The van der Waals surface area contributed by atoms with Crippen LogP contribution in [0.5, 0.6) is 5.75 Å². The minimum atomic E-state index is -3.64. The van der Waals surface area contributed by atoms with Gasteiger partial charge in [-0.05, 0) is 49.9 Å². The van der Waals surface area contributed by atoms with Gasteiger partial charge in [-0.2, -0.15) is 0 Å². The Morgan fingerprint density at radius 2 is 1.92 bits per heavy atom. The molecule has 2 rings (SSSR count). The highest BCUT2D eigenvalue weighted by Gasteiger charge is 2.17. The lowest BCUT2D eigenvalue weighted by molar-refractivity contribution is 0.0939. The smallest absolute Gasteiger partial charge is 0.251 e. The van der Waals surface area contributed by atoms with Crippen molar-refractivity contribution in [3.63, 3.8) is 0 Å². The number of hydrogen-bond acceptors (Lipinski definition) is 4. The molecule has 0 radical (unpaired) electrons. The largest absolute Gasteiger partial charge is 0.494 e. The molecule has 0 unspecified atom stereocenters. The molecule has 1 atom stereocenters. The van der Waals surface area contributed by atoms with Crippen LogP contribution in [0.15, 0.2) is 47.4 Å². The van der Waals surface area contributed by atoms with Crippen LogP contribution in [0.2, 0.25) is 0 Å². The molecule has 0 heterocycles. The first-order chi connectivity index (χ1) is 11.8. The van der Waals surface area contributed by atoms with E-state index in [1.165, 1.54) is 50.6 Å². The zero-order valence-corrected chi connectivity index (χ0v) is 14.9. The molecule has 0 saturated carbocycles. The Hall–Kier alpha value is -2.45. The Balaban J connectivity index is 2.19. The van der Waals surface area contributed by atoms with E-state index < -0.39 is 27.8 Å². The second kappa shape index (κ2) is 7.62.